The minimum atomic E-state index is -0.434. The van der Waals surface area contributed by atoms with E-state index in [4.69, 9.17) is 0 Å². The largest absolute Gasteiger partial charge is 0.493 e. The first-order valence-electron chi connectivity index (χ1n) is 6.45. The Bertz CT molecular complexity index is 678. The minimum Gasteiger partial charge on any atom is -0.493 e. The lowest BCUT2D eigenvalue weighted by Crippen LogP contribution is -2.21. The predicted molar refractivity (Wildman–Crippen MR) is 71.8 cm³/mol. The van der Waals surface area contributed by atoms with Crippen molar-refractivity contribution in [3.05, 3.63) is 46.3 Å². The molecule has 0 saturated heterocycles. The number of rotatable bonds is 4. The Morgan fingerprint density at radius 3 is 2.65 bits per heavy atom. The van der Waals surface area contributed by atoms with Gasteiger partial charge in [0.2, 0.25) is 5.88 Å². The van der Waals surface area contributed by atoms with Crippen LogP contribution < -0.4 is 10.9 Å². The summed E-state index contributed by atoms with van der Waals surface area (Å²) >= 11 is 0. The van der Waals surface area contributed by atoms with Crippen LogP contribution in [0.15, 0.2) is 29.1 Å². The maximum absolute atomic E-state index is 12.9. The van der Waals surface area contributed by atoms with Gasteiger partial charge in [0, 0.05) is 6.04 Å². The van der Waals surface area contributed by atoms with Crippen molar-refractivity contribution in [3.8, 4) is 17.0 Å². The van der Waals surface area contributed by atoms with Crippen molar-refractivity contribution in [2.24, 2.45) is 0 Å². The van der Waals surface area contributed by atoms with Crippen molar-refractivity contribution in [3.63, 3.8) is 0 Å². The van der Waals surface area contributed by atoms with Crippen molar-refractivity contribution in [2.45, 2.75) is 25.4 Å². The molecule has 5 nitrogen and oxygen atoms in total. The smallest absolute Gasteiger partial charge is 0.262 e. The predicted octanol–water partition coefficient (Wildman–Crippen LogP) is 1.53. The third-order valence-electron chi connectivity index (χ3n) is 3.22. The van der Waals surface area contributed by atoms with Crippen LogP contribution in [0.3, 0.4) is 0 Å². The lowest BCUT2D eigenvalue weighted by molar-refractivity contribution is 0.448. The summed E-state index contributed by atoms with van der Waals surface area (Å²) in [6.45, 7) is 0.414. The Labute approximate surface area is 114 Å². The number of aromatic amines is 1. The first kappa shape index (κ1) is 12.8. The molecule has 0 bridgehead atoms. The average Bonchev–Trinajstić information content (AvgIpc) is 3.22. The van der Waals surface area contributed by atoms with Gasteiger partial charge in [-0.1, -0.05) is 12.1 Å². The number of aromatic nitrogens is 2. The summed E-state index contributed by atoms with van der Waals surface area (Å²) in [4.78, 5) is 18.6. The molecule has 1 aliphatic rings. The molecule has 1 aromatic carbocycles. The van der Waals surface area contributed by atoms with Gasteiger partial charge < -0.3 is 15.4 Å². The first-order valence-corrected chi connectivity index (χ1v) is 6.45. The molecule has 0 radical (unpaired) electrons. The van der Waals surface area contributed by atoms with Crippen LogP contribution in [0.5, 0.6) is 5.88 Å². The van der Waals surface area contributed by atoms with Gasteiger partial charge in [-0.2, -0.15) is 4.98 Å². The van der Waals surface area contributed by atoms with Gasteiger partial charge in [0.1, 0.15) is 17.2 Å². The third kappa shape index (κ3) is 2.70. The van der Waals surface area contributed by atoms with Gasteiger partial charge in [0.25, 0.3) is 5.56 Å². The normalized spacial score (nSPS) is 14.4. The van der Waals surface area contributed by atoms with Crippen LogP contribution in [0.1, 0.15) is 18.7 Å². The third-order valence-corrected chi connectivity index (χ3v) is 3.22. The van der Waals surface area contributed by atoms with Gasteiger partial charge in [0.15, 0.2) is 0 Å². The summed E-state index contributed by atoms with van der Waals surface area (Å²) < 4.78 is 12.9. The Kier molecular flexibility index (Phi) is 3.23. The highest BCUT2D eigenvalue weighted by Gasteiger charge is 2.21. The van der Waals surface area contributed by atoms with E-state index in [-0.39, 0.29) is 11.4 Å². The zero-order valence-corrected chi connectivity index (χ0v) is 10.7. The summed E-state index contributed by atoms with van der Waals surface area (Å²) in [5, 5.41) is 13.1. The molecule has 0 aliphatic heterocycles. The molecule has 2 aromatic rings. The molecule has 6 heteroatoms. The van der Waals surface area contributed by atoms with Crippen LogP contribution in [-0.4, -0.2) is 21.1 Å². The molecule has 104 valence electrons. The standard InChI is InChI=1S/C14H14FN3O2/c15-9-3-1-8(2-4-9)12-13(19)17-11(18-14(12)20)7-16-10-5-6-10/h1-4,10,16H,5-7H2,(H2,17,18,19,20). The van der Waals surface area contributed by atoms with E-state index in [0.29, 0.717) is 24.0 Å². The second-order valence-electron chi connectivity index (χ2n) is 4.87. The summed E-state index contributed by atoms with van der Waals surface area (Å²) in [5.74, 6) is -0.346. The van der Waals surface area contributed by atoms with E-state index in [1.165, 1.54) is 24.3 Å². The summed E-state index contributed by atoms with van der Waals surface area (Å²) in [6.07, 6.45) is 2.26. The van der Waals surface area contributed by atoms with E-state index in [1.54, 1.807) is 0 Å². The maximum atomic E-state index is 12.9. The fraction of sp³-hybridized carbons (Fsp3) is 0.286. The molecule has 0 atom stereocenters. The lowest BCUT2D eigenvalue weighted by Gasteiger charge is -2.07. The number of aromatic hydroxyl groups is 1. The van der Waals surface area contributed by atoms with Gasteiger partial charge in [-0.05, 0) is 30.5 Å². The Morgan fingerprint density at radius 2 is 2.05 bits per heavy atom. The van der Waals surface area contributed by atoms with Crippen molar-refractivity contribution in [2.75, 3.05) is 0 Å². The number of hydrogen-bond acceptors (Lipinski definition) is 4. The van der Waals surface area contributed by atoms with E-state index < -0.39 is 11.4 Å². The molecule has 3 N–H and O–H groups in total. The van der Waals surface area contributed by atoms with E-state index in [2.05, 4.69) is 15.3 Å². The summed E-state index contributed by atoms with van der Waals surface area (Å²) in [7, 11) is 0. The van der Waals surface area contributed by atoms with Gasteiger partial charge in [-0.15, -0.1) is 0 Å². The molecule has 1 heterocycles. The summed E-state index contributed by atoms with van der Waals surface area (Å²) in [5.41, 5.74) is 0.0521. The maximum Gasteiger partial charge on any atom is 0.262 e. The van der Waals surface area contributed by atoms with Gasteiger partial charge in [0.05, 0.1) is 6.54 Å². The van der Waals surface area contributed by atoms with Gasteiger partial charge in [-0.3, -0.25) is 4.79 Å². The van der Waals surface area contributed by atoms with Crippen molar-refractivity contribution < 1.29 is 9.50 Å². The quantitative estimate of drug-likeness (QED) is 0.791. The van der Waals surface area contributed by atoms with E-state index >= 15 is 0 Å². The monoisotopic (exact) mass is 275 g/mol. The molecule has 0 spiro atoms. The lowest BCUT2D eigenvalue weighted by atomic mass is 10.1. The second kappa shape index (κ2) is 5.05. The highest BCUT2D eigenvalue weighted by atomic mass is 19.1. The second-order valence-corrected chi connectivity index (χ2v) is 4.87. The zero-order chi connectivity index (χ0) is 14.1. The molecule has 3 rings (SSSR count). The van der Waals surface area contributed by atoms with Crippen LogP contribution in [0, 0.1) is 5.82 Å². The molecule has 1 aromatic heterocycles. The molecule has 1 aliphatic carbocycles. The number of H-pyrrole nitrogens is 1. The van der Waals surface area contributed by atoms with Gasteiger partial charge in [-0.25, -0.2) is 4.39 Å². The van der Waals surface area contributed by atoms with Gasteiger partial charge >= 0.3 is 0 Å². The van der Waals surface area contributed by atoms with E-state index in [9.17, 15) is 14.3 Å². The van der Waals surface area contributed by atoms with Crippen molar-refractivity contribution >= 4 is 0 Å². The average molecular weight is 275 g/mol. The van der Waals surface area contributed by atoms with Crippen LogP contribution in [0.4, 0.5) is 4.39 Å². The van der Waals surface area contributed by atoms with Crippen LogP contribution in [-0.2, 0) is 6.54 Å². The molecule has 0 amide bonds. The fourth-order valence-electron chi connectivity index (χ4n) is 2.00. The highest BCUT2D eigenvalue weighted by molar-refractivity contribution is 5.66. The molecule has 20 heavy (non-hydrogen) atoms. The number of nitrogens with one attached hydrogen (secondary N) is 2. The Hall–Kier alpha value is -2.21. The number of hydrogen-bond donors (Lipinski definition) is 3. The Morgan fingerprint density at radius 1 is 1.35 bits per heavy atom. The van der Waals surface area contributed by atoms with Crippen LogP contribution in [0.25, 0.3) is 11.1 Å². The zero-order valence-electron chi connectivity index (χ0n) is 10.7. The topological polar surface area (TPSA) is 78.0 Å². The van der Waals surface area contributed by atoms with Crippen LogP contribution >= 0.6 is 0 Å². The number of halogens is 1. The molecular formula is C14H14FN3O2. The van der Waals surface area contributed by atoms with E-state index in [1.807, 2.05) is 0 Å². The SMILES string of the molecule is O=c1[nH]c(CNC2CC2)nc(O)c1-c1ccc(F)cc1. The first-order chi connectivity index (χ1) is 9.63. The minimum absolute atomic E-state index is 0.0557. The number of benzene rings is 1. The number of nitrogens with zero attached hydrogens (tertiary/aromatic N) is 1. The molecular weight excluding hydrogens is 261 g/mol. The fourth-order valence-corrected chi connectivity index (χ4v) is 2.00. The van der Waals surface area contributed by atoms with Crippen molar-refractivity contribution in [1.29, 1.82) is 0 Å². The molecule has 1 saturated carbocycles. The molecule has 0 unspecified atom stereocenters. The van der Waals surface area contributed by atoms with E-state index in [0.717, 1.165) is 12.8 Å². The van der Waals surface area contributed by atoms with Crippen LogP contribution in [0.2, 0.25) is 0 Å². The molecule has 1 fully saturated rings. The van der Waals surface area contributed by atoms with Crippen molar-refractivity contribution in [1.82, 2.24) is 15.3 Å². The highest BCUT2D eigenvalue weighted by Crippen LogP contribution is 2.23. The summed E-state index contributed by atoms with van der Waals surface area (Å²) in [6, 6.07) is 5.82. The Balaban J connectivity index is 1.91.